The van der Waals surface area contributed by atoms with Gasteiger partial charge < -0.3 is 35.4 Å². The molecule has 3 rings (SSSR count). The van der Waals surface area contributed by atoms with Gasteiger partial charge in [0, 0.05) is 37.9 Å². The summed E-state index contributed by atoms with van der Waals surface area (Å²) in [5.41, 5.74) is 3.89. The number of benzene rings is 3. The van der Waals surface area contributed by atoms with Crippen molar-refractivity contribution in [3.8, 4) is 0 Å². The molecule has 3 aromatic carbocycles. The van der Waals surface area contributed by atoms with Gasteiger partial charge in [0.1, 0.15) is 6.04 Å². The third kappa shape index (κ3) is 13.2. The standard InChI is InChI=1S/C35H46ClN5O8/c1-4-47-33(48-5-2)24(3)41(22-27-13-10-12-26-11-6-7-14-29(26)27)32(43)30(15-8-9-20-37-35(45)46)39-31(42)23-49-40-34(44)38-21-25-16-18-28(36)19-17-25/h6-7,10-14,16-19,24,30,33,37H,4-5,8-9,15,20-23H2,1-3H3,(H,39,42)(H,45,46)(H2,38,40,44)/t24-,30-/m0/s1. The number of carbonyl (C=O) groups excluding carboxylic acids is 3. The molecular weight excluding hydrogens is 654 g/mol. The number of rotatable bonds is 20. The first-order chi connectivity index (χ1) is 23.6. The first-order valence-corrected chi connectivity index (χ1v) is 16.7. The minimum absolute atomic E-state index is 0.190. The highest BCUT2D eigenvalue weighted by Gasteiger charge is 2.33. The Kier molecular flexibility index (Phi) is 16.6. The molecular formula is C35H46ClN5O8. The molecule has 49 heavy (non-hydrogen) atoms. The summed E-state index contributed by atoms with van der Waals surface area (Å²) < 4.78 is 11.8. The number of fused-ring (bicyclic) bond motifs is 1. The van der Waals surface area contributed by atoms with Gasteiger partial charge in [-0.2, -0.15) is 0 Å². The maximum Gasteiger partial charge on any atom is 0.404 e. The summed E-state index contributed by atoms with van der Waals surface area (Å²) in [6.45, 7) is 6.29. The van der Waals surface area contributed by atoms with Crippen molar-refractivity contribution < 1.29 is 38.6 Å². The molecule has 0 aliphatic rings. The van der Waals surface area contributed by atoms with Crippen molar-refractivity contribution >= 4 is 46.3 Å². The van der Waals surface area contributed by atoms with Gasteiger partial charge in [0.05, 0.1) is 6.04 Å². The van der Waals surface area contributed by atoms with Crippen molar-refractivity contribution in [2.45, 2.75) is 71.5 Å². The molecule has 0 fully saturated rings. The quantitative estimate of drug-likeness (QED) is 0.0627. The van der Waals surface area contributed by atoms with E-state index >= 15 is 0 Å². The molecule has 0 aliphatic carbocycles. The van der Waals surface area contributed by atoms with Gasteiger partial charge in [-0.3, -0.25) is 14.4 Å². The van der Waals surface area contributed by atoms with E-state index in [9.17, 15) is 19.2 Å². The fourth-order valence-corrected chi connectivity index (χ4v) is 5.31. The summed E-state index contributed by atoms with van der Waals surface area (Å²) in [6.07, 6.45) is -0.787. The Hall–Kier alpha value is -4.43. The van der Waals surface area contributed by atoms with Crippen LogP contribution in [-0.4, -0.2) is 78.7 Å². The van der Waals surface area contributed by atoms with Crippen LogP contribution in [0.5, 0.6) is 0 Å². The van der Waals surface area contributed by atoms with E-state index in [0.717, 1.165) is 21.9 Å². The molecule has 5 amide bonds. The molecule has 3 aromatic rings. The van der Waals surface area contributed by atoms with Crippen LogP contribution >= 0.6 is 11.6 Å². The van der Waals surface area contributed by atoms with Gasteiger partial charge in [-0.15, -0.1) is 0 Å². The minimum atomic E-state index is -1.14. The minimum Gasteiger partial charge on any atom is -0.465 e. The molecule has 266 valence electrons. The number of halogens is 1. The fourth-order valence-electron chi connectivity index (χ4n) is 5.19. The molecule has 5 N–H and O–H groups in total. The summed E-state index contributed by atoms with van der Waals surface area (Å²) in [5.74, 6) is -1.01. The van der Waals surface area contributed by atoms with Gasteiger partial charge in [0.15, 0.2) is 12.9 Å². The van der Waals surface area contributed by atoms with Crippen LogP contribution in [0.1, 0.15) is 51.2 Å². The average molecular weight is 700 g/mol. The van der Waals surface area contributed by atoms with Crippen molar-refractivity contribution in [2.24, 2.45) is 0 Å². The molecule has 13 nitrogen and oxygen atoms in total. The lowest BCUT2D eigenvalue weighted by molar-refractivity contribution is -0.180. The molecule has 0 spiro atoms. The Morgan fingerprint density at radius 2 is 1.59 bits per heavy atom. The van der Waals surface area contributed by atoms with Crippen LogP contribution in [0.15, 0.2) is 66.7 Å². The summed E-state index contributed by atoms with van der Waals surface area (Å²) in [4.78, 5) is 57.4. The highest BCUT2D eigenvalue weighted by molar-refractivity contribution is 6.30. The van der Waals surface area contributed by atoms with Gasteiger partial charge >= 0.3 is 12.1 Å². The largest absolute Gasteiger partial charge is 0.465 e. The number of hydroxylamine groups is 1. The lowest BCUT2D eigenvalue weighted by atomic mass is 10.0. The second-order valence-electron chi connectivity index (χ2n) is 11.2. The Morgan fingerprint density at radius 1 is 0.898 bits per heavy atom. The first kappa shape index (κ1) is 39.0. The fraction of sp³-hybridized carbons (Fsp3) is 0.429. The maximum absolute atomic E-state index is 14.4. The third-order valence-corrected chi connectivity index (χ3v) is 7.87. The lowest BCUT2D eigenvalue weighted by Crippen LogP contribution is -2.55. The molecule has 0 saturated carbocycles. The topological polar surface area (TPSA) is 168 Å². The number of urea groups is 1. The number of nitrogens with one attached hydrogen (secondary N) is 4. The van der Waals surface area contributed by atoms with E-state index in [0.29, 0.717) is 31.1 Å². The molecule has 0 saturated heterocycles. The van der Waals surface area contributed by atoms with E-state index < -0.39 is 43.0 Å². The zero-order valence-electron chi connectivity index (χ0n) is 28.1. The molecule has 0 aromatic heterocycles. The number of amides is 5. The van der Waals surface area contributed by atoms with Gasteiger partial charge in [0.2, 0.25) is 11.8 Å². The van der Waals surface area contributed by atoms with Crippen LogP contribution in [0.3, 0.4) is 0 Å². The van der Waals surface area contributed by atoms with E-state index in [-0.39, 0.29) is 32.0 Å². The summed E-state index contributed by atoms with van der Waals surface area (Å²) in [5, 5.41) is 19.2. The van der Waals surface area contributed by atoms with Gasteiger partial charge in [-0.05, 0) is 74.1 Å². The Bertz CT molecular complexity index is 1500. The molecule has 14 heteroatoms. The van der Waals surface area contributed by atoms with Crippen molar-refractivity contribution in [2.75, 3.05) is 26.4 Å². The predicted molar refractivity (Wildman–Crippen MR) is 186 cm³/mol. The second-order valence-corrected chi connectivity index (χ2v) is 11.6. The number of nitrogens with zero attached hydrogens (tertiary/aromatic N) is 1. The Morgan fingerprint density at radius 3 is 2.29 bits per heavy atom. The molecule has 0 heterocycles. The van der Waals surface area contributed by atoms with Crippen LogP contribution in [0.4, 0.5) is 9.59 Å². The molecule has 0 aliphatic heterocycles. The van der Waals surface area contributed by atoms with Crippen molar-refractivity contribution in [3.05, 3.63) is 82.9 Å². The highest BCUT2D eigenvalue weighted by atomic mass is 35.5. The highest BCUT2D eigenvalue weighted by Crippen LogP contribution is 2.23. The van der Waals surface area contributed by atoms with Crippen molar-refractivity contribution in [3.63, 3.8) is 0 Å². The number of ether oxygens (including phenoxy) is 2. The summed E-state index contributed by atoms with van der Waals surface area (Å²) >= 11 is 5.89. The normalized spacial score (nSPS) is 12.3. The van der Waals surface area contributed by atoms with E-state index in [4.69, 9.17) is 31.0 Å². The number of hydrogen-bond acceptors (Lipinski definition) is 7. The van der Waals surface area contributed by atoms with Crippen LogP contribution in [0, 0.1) is 0 Å². The number of unbranched alkanes of at least 4 members (excludes halogenated alkanes) is 1. The maximum atomic E-state index is 14.4. The van der Waals surface area contributed by atoms with E-state index in [1.54, 1.807) is 29.2 Å². The average Bonchev–Trinajstić information content (AvgIpc) is 3.09. The summed E-state index contributed by atoms with van der Waals surface area (Å²) in [7, 11) is 0. The lowest BCUT2D eigenvalue weighted by Gasteiger charge is -2.37. The SMILES string of the molecule is CCOC(OCC)[C@H](C)N(Cc1cccc2ccccc12)C(=O)[C@H](CCCCNC(=O)O)NC(=O)CONC(=O)NCc1ccc(Cl)cc1. The van der Waals surface area contributed by atoms with E-state index in [1.807, 2.05) is 63.2 Å². The van der Waals surface area contributed by atoms with E-state index in [2.05, 4.69) is 21.4 Å². The van der Waals surface area contributed by atoms with Gasteiger partial charge in [-0.1, -0.05) is 66.2 Å². The summed E-state index contributed by atoms with van der Waals surface area (Å²) in [6, 6.07) is 18.5. The molecule has 2 atom stereocenters. The van der Waals surface area contributed by atoms with Gasteiger partial charge in [-0.25, -0.2) is 15.1 Å². The van der Waals surface area contributed by atoms with Crippen LogP contribution in [0.25, 0.3) is 10.8 Å². The number of carbonyl (C=O) groups is 4. The smallest absolute Gasteiger partial charge is 0.404 e. The Labute approximate surface area is 291 Å². The van der Waals surface area contributed by atoms with Crippen molar-refractivity contribution in [1.29, 1.82) is 0 Å². The second kappa shape index (κ2) is 20.8. The molecule has 0 bridgehead atoms. The molecule has 0 unspecified atom stereocenters. The zero-order chi connectivity index (χ0) is 35.6. The van der Waals surface area contributed by atoms with Crippen LogP contribution in [0.2, 0.25) is 5.02 Å². The van der Waals surface area contributed by atoms with Crippen LogP contribution in [-0.2, 0) is 37.0 Å². The number of carboxylic acid groups (broad SMARTS) is 1. The molecule has 0 radical (unpaired) electrons. The monoisotopic (exact) mass is 699 g/mol. The predicted octanol–water partition coefficient (Wildman–Crippen LogP) is 4.96. The number of hydrogen-bond donors (Lipinski definition) is 5. The van der Waals surface area contributed by atoms with Crippen molar-refractivity contribution in [1.82, 2.24) is 26.3 Å². The van der Waals surface area contributed by atoms with Gasteiger partial charge in [0.25, 0.3) is 0 Å². The van der Waals surface area contributed by atoms with E-state index in [1.165, 1.54) is 0 Å². The zero-order valence-corrected chi connectivity index (χ0v) is 28.8. The first-order valence-electron chi connectivity index (χ1n) is 16.3. The third-order valence-electron chi connectivity index (χ3n) is 7.61. The van der Waals surface area contributed by atoms with Crippen LogP contribution < -0.4 is 21.4 Å². The Balaban J connectivity index is 1.76.